The second-order valence-corrected chi connectivity index (χ2v) is 3.96. The van der Waals surface area contributed by atoms with E-state index in [1.807, 2.05) is 60.7 Å². The molecule has 0 bridgehead atoms. The molecule has 0 radical (unpaired) electrons. The Hall–Kier alpha value is -2.75. The molecule has 4 heteroatoms. The van der Waals surface area contributed by atoms with E-state index in [9.17, 15) is 4.79 Å². The van der Waals surface area contributed by atoms with Crippen LogP contribution < -0.4 is 0 Å². The molecule has 0 spiro atoms. The summed E-state index contributed by atoms with van der Waals surface area (Å²) in [5.74, 6) is -0.935. The van der Waals surface area contributed by atoms with E-state index in [0.717, 1.165) is 11.4 Å². The molecule has 2 rings (SSSR count). The number of carboxylic acid groups (broad SMARTS) is 1. The van der Waals surface area contributed by atoms with Gasteiger partial charge in [-0.2, -0.15) is 10.2 Å². The normalized spacial score (nSPS) is 9.65. The Labute approximate surface area is 118 Å². The van der Waals surface area contributed by atoms with Crippen molar-refractivity contribution in [2.45, 2.75) is 6.92 Å². The van der Waals surface area contributed by atoms with Gasteiger partial charge in [0.1, 0.15) is 0 Å². The molecule has 0 atom stereocenters. The molecule has 0 fully saturated rings. The van der Waals surface area contributed by atoms with Crippen molar-refractivity contribution in [2.75, 3.05) is 0 Å². The van der Waals surface area contributed by atoms with Gasteiger partial charge in [-0.15, -0.1) is 0 Å². The van der Waals surface area contributed by atoms with Gasteiger partial charge < -0.3 is 5.11 Å². The summed E-state index contributed by atoms with van der Waals surface area (Å²) in [5, 5.41) is 16.1. The molecule has 0 unspecified atom stereocenters. The molecule has 0 saturated carbocycles. The van der Waals surface area contributed by atoms with E-state index in [4.69, 9.17) is 5.11 Å². The van der Waals surface area contributed by atoms with E-state index in [0.29, 0.717) is 0 Å². The Morgan fingerprint density at radius 3 is 1.45 bits per heavy atom. The minimum atomic E-state index is -0.935. The highest BCUT2D eigenvalue weighted by atomic mass is 16.4. The lowest BCUT2D eigenvalue weighted by Crippen LogP contribution is -1.92. The van der Waals surface area contributed by atoms with Crippen LogP contribution in [0.3, 0.4) is 0 Å². The molecule has 0 aromatic heterocycles. The van der Waals surface area contributed by atoms with Gasteiger partial charge in [-0.3, -0.25) is 0 Å². The van der Waals surface area contributed by atoms with E-state index in [1.54, 1.807) is 0 Å². The number of azo groups is 1. The number of benzene rings is 2. The second-order valence-electron chi connectivity index (χ2n) is 3.96. The van der Waals surface area contributed by atoms with Crippen molar-refractivity contribution in [3.8, 4) is 0 Å². The maximum atomic E-state index is 9.60. The maximum absolute atomic E-state index is 9.60. The Morgan fingerprint density at radius 1 is 0.900 bits per heavy atom. The van der Waals surface area contributed by atoms with Gasteiger partial charge in [0.15, 0.2) is 0 Å². The van der Waals surface area contributed by atoms with Crippen LogP contribution in [0.15, 0.2) is 83.0 Å². The van der Waals surface area contributed by atoms with Crippen molar-refractivity contribution in [1.82, 2.24) is 0 Å². The Morgan fingerprint density at radius 2 is 1.20 bits per heavy atom. The van der Waals surface area contributed by atoms with Crippen LogP contribution >= 0.6 is 0 Å². The van der Waals surface area contributed by atoms with E-state index < -0.39 is 5.97 Å². The van der Waals surface area contributed by atoms with Crippen molar-refractivity contribution in [3.05, 3.63) is 72.8 Å². The molecule has 2 aromatic carbocycles. The molecular weight excluding hydrogens is 252 g/mol. The average molecular weight is 268 g/mol. The molecular formula is C16H16N2O2. The number of aliphatic carboxylic acids is 1. The van der Waals surface area contributed by atoms with Gasteiger partial charge in [0.25, 0.3) is 0 Å². The number of hydrogen-bond donors (Lipinski definition) is 1. The average Bonchev–Trinajstić information content (AvgIpc) is 2.48. The monoisotopic (exact) mass is 268 g/mol. The van der Waals surface area contributed by atoms with Gasteiger partial charge in [-0.05, 0) is 31.2 Å². The first kappa shape index (κ1) is 15.3. The van der Waals surface area contributed by atoms with Crippen molar-refractivity contribution in [3.63, 3.8) is 0 Å². The molecule has 1 N–H and O–H groups in total. The molecule has 20 heavy (non-hydrogen) atoms. The van der Waals surface area contributed by atoms with Crippen molar-refractivity contribution < 1.29 is 9.90 Å². The Bertz CT molecular complexity index is 524. The molecule has 0 aliphatic carbocycles. The third-order valence-corrected chi connectivity index (χ3v) is 2.16. The Balaban J connectivity index is 0.000000286. The lowest BCUT2D eigenvalue weighted by Gasteiger charge is -1.91. The van der Waals surface area contributed by atoms with Crippen LogP contribution in [0.25, 0.3) is 0 Å². The summed E-state index contributed by atoms with van der Waals surface area (Å²) >= 11 is 0. The molecule has 102 valence electrons. The number of hydrogen-bond acceptors (Lipinski definition) is 3. The first-order valence-corrected chi connectivity index (χ1v) is 6.00. The molecule has 0 saturated heterocycles. The SMILES string of the molecule is C=C(C)C(=O)O.c1ccc(/N=N/c2ccccc2)cc1. The summed E-state index contributed by atoms with van der Waals surface area (Å²) in [6.45, 7) is 4.60. The first-order chi connectivity index (χ1) is 9.59. The van der Waals surface area contributed by atoms with Crippen LogP contribution in [0.5, 0.6) is 0 Å². The van der Waals surface area contributed by atoms with Gasteiger partial charge in [0.05, 0.1) is 11.4 Å². The number of rotatable bonds is 3. The first-order valence-electron chi connectivity index (χ1n) is 6.00. The second kappa shape index (κ2) is 8.37. The molecule has 2 aromatic rings. The highest BCUT2D eigenvalue weighted by Crippen LogP contribution is 2.16. The third-order valence-electron chi connectivity index (χ3n) is 2.16. The predicted molar refractivity (Wildman–Crippen MR) is 79.5 cm³/mol. The Kier molecular flexibility index (Phi) is 6.41. The van der Waals surface area contributed by atoms with Crippen LogP contribution in [-0.4, -0.2) is 11.1 Å². The fourth-order valence-electron chi connectivity index (χ4n) is 1.10. The van der Waals surface area contributed by atoms with Gasteiger partial charge >= 0.3 is 5.97 Å². The highest BCUT2D eigenvalue weighted by Gasteiger charge is 1.90. The minimum absolute atomic E-state index is 0.176. The standard InChI is InChI=1S/C12H10N2.C4H6O2/c1-3-7-11(8-4-1)13-14-12-9-5-2-6-10-12;1-3(2)4(5)6/h1-10H;1H2,2H3,(H,5,6)/b14-13+;. The number of carbonyl (C=O) groups is 1. The number of nitrogens with zero attached hydrogens (tertiary/aromatic N) is 2. The van der Waals surface area contributed by atoms with Crippen LogP contribution in [0.4, 0.5) is 11.4 Å². The van der Waals surface area contributed by atoms with Crippen LogP contribution in [-0.2, 0) is 4.79 Å². The summed E-state index contributed by atoms with van der Waals surface area (Å²) in [4.78, 5) is 9.60. The summed E-state index contributed by atoms with van der Waals surface area (Å²) < 4.78 is 0. The van der Waals surface area contributed by atoms with Crippen LogP contribution in [0.1, 0.15) is 6.92 Å². The zero-order valence-corrected chi connectivity index (χ0v) is 11.2. The maximum Gasteiger partial charge on any atom is 0.330 e. The van der Waals surface area contributed by atoms with Crippen LogP contribution in [0.2, 0.25) is 0 Å². The van der Waals surface area contributed by atoms with Gasteiger partial charge in [0.2, 0.25) is 0 Å². The summed E-state index contributed by atoms with van der Waals surface area (Å²) in [7, 11) is 0. The fraction of sp³-hybridized carbons (Fsp3) is 0.0625. The highest BCUT2D eigenvalue weighted by molar-refractivity contribution is 5.84. The summed E-state index contributed by atoms with van der Waals surface area (Å²) in [6, 6.07) is 19.4. The molecule has 0 aliphatic rings. The van der Waals surface area contributed by atoms with E-state index in [1.165, 1.54) is 6.92 Å². The van der Waals surface area contributed by atoms with E-state index >= 15 is 0 Å². The summed E-state index contributed by atoms with van der Waals surface area (Å²) in [6.07, 6.45) is 0. The zero-order chi connectivity index (χ0) is 14.8. The van der Waals surface area contributed by atoms with Crippen molar-refractivity contribution in [1.29, 1.82) is 0 Å². The quantitative estimate of drug-likeness (QED) is 0.645. The lowest BCUT2D eigenvalue weighted by atomic mass is 10.3. The third kappa shape index (κ3) is 6.26. The lowest BCUT2D eigenvalue weighted by molar-refractivity contribution is -0.132. The fourth-order valence-corrected chi connectivity index (χ4v) is 1.10. The largest absolute Gasteiger partial charge is 0.478 e. The summed E-state index contributed by atoms with van der Waals surface area (Å²) in [5.41, 5.74) is 1.92. The van der Waals surface area contributed by atoms with Gasteiger partial charge in [-0.25, -0.2) is 4.79 Å². The molecule has 0 amide bonds. The molecule has 0 aliphatic heterocycles. The van der Waals surface area contributed by atoms with Crippen molar-refractivity contribution in [2.24, 2.45) is 10.2 Å². The van der Waals surface area contributed by atoms with E-state index in [-0.39, 0.29) is 5.57 Å². The van der Waals surface area contributed by atoms with Gasteiger partial charge in [-0.1, -0.05) is 43.0 Å². The van der Waals surface area contributed by atoms with Crippen molar-refractivity contribution >= 4 is 17.3 Å². The van der Waals surface area contributed by atoms with Crippen LogP contribution in [0, 0.1) is 0 Å². The zero-order valence-electron chi connectivity index (χ0n) is 11.2. The molecule has 0 heterocycles. The predicted octanol–water partition coefficient (Wildman–Crippen LogP) is 4.75. The topological polar surface area (TPSA) is 62.0 Å². The molecule has 4 nitrogen and oxygen atoms in total. The van der Waals surface area contributed by atoms with E-state index in [2.05, 4.69) is 16.8 Å². The smallest absolute Gasteiger partial charge is 0.330 e. The minimum Gasteiger partial charge on any atom is -0.478 e. The number of carboxylic acids is 1. The van der Waals surface area contributed by atoms with Gasteiger partial charge in [0, 0.05) is 5.57 Å².